The van der Waals surface area contributed by atoms with Crippen LogP contribution in [0.3, 0.4) is 0 Å². The second-order valence-corrected chi connectivity index (χ2v) is 36.8. The Bertz CT molecular complexity index is 7350. The fourth-order valence-corrected chi connectivity index (χ4v) is 21.1. The lowest BCUT2D eigenvalue weighted by atomic mass is 9.94. The van der Waals surface area contributed by atoms with Gasteiger partial charge in [0.2, 0.25) is 23.6 Å². The van der Waals surface area contributed by atoms with Crippen molar-refractivity contribution in [3.63, 3.8) is 0 Å². The summed E-state index contributed by atoms with van der Waals surface area (Å²) in [4.78, 5) is 123. The molecule has 32 nitrogen and oxygen atoms in total. The van der Waals surface area contributed by atoms with Gasteiger partial charge in [-0.3, -0.25) is 46.3 Å². The molecule has 23 rings (SSSR count). The summed E-state index contributed by atoms with van der Waals surface area (Å²) in [6.07, 6.45) is 22.8. The van der Waals surface area contributed by atoms with Gasteiger partial charge in [0.25, 0.3) is 5.91 Å². The molecule has 5 aliphatic heterocycles. The van der Waals surface area contributed by atoms with Gasteiger partial charge in [-0.25, -0.2) is 39.9 Å². The first-order chi connectivity index (χ1) is 65.4. The zero-order chi connectivity index (χ0) is 93.2. The van der Waals surface area contributed by atoms with Crippen molar-refractivity contribution in [3.8, 4) is 57.9 Å². The highest BCUT2D eigenvalue weighted by Gasteiger charge is 2.69. The van der Waals surface area contributed by atoms with E-state index in [9.17, 15) is 37.1 Å². The number of para-hydroxylation sites is 4. The number of fused-ring (bicyclic) bond motifs is 8. The number of carbonyl (C=O) groups excluding carboxylic acids is 5. The van der Waals surface area contributed by atoms with Crippen LogP contribution in [0, 0.1) is 24.7 Å². The molecular weight excluding hydrogens is 1760 g/mol. The van der Waals surface area contributed by atoms with Crippen LogP contribution in [0.4, 0.5) is 36.4 Å². The number of halogens is 4. The number of nitrogens with zero attached hydrogens (tertiary/aromatic N) is 19. The van der Waals surface area contributed by atoms with Crippen molar-refractivity contribution < 1.29 is 37.1 Å². The average molecular weight is 1860 g/mol. The van der Waals surface area contributed by atoms with E-state index in [-0.39, 0.29) is 79.8 Å². The van der Waals surface area contributed by atoms with Crippen molar-refractivity contribution in [2.24, 2.45) is 12.5 Å². The van der Waals surface area contributed by atoms with Gasteiger partial charge in [0.05, 0.1) is 45.7 Å². The number of alkyl halides is 3. The third kappa shape index (κ3) is 16.8. The average Bonchev–Trinajstić information content (AvgIpc) is 1.58. The lowest BCUT2D eigenvalue weighted by molar-refractivity contribution is -0.199. The number of likely N-dealkylation sites (tertiary alicyclic amines) is 4. The summed E-state index contributed by atoms with van der Waals surface area (Å²) >= 11 is 7.90. The van der Waals surface area contributed by atoms with Gasteiger partial charge < -0.3 is 67.4 Å². The molecule has 6 fully saturated rings. The van der Waals surface area contributed by atoms with Crippen LogP contribution >= 0.6 is 23.4 Å². The molecule has 37 heteroatoms. The number of benzene rings is 4. The molecule has 690 valence electrons. The van der Waals surface area contributed by atoms with Gasteiger partial charge in [0, 0.05) is 189 Å². The van der Waals surface area contributed by atoms with Crippen molar-refractivity contribution in [2.45, 2.75) is 120 Å². The highest BCUT2D eigenvalue weighted by molar-refractivity contribution is 8.00. The van der Waals surface area contributed by atoms with E-state index < -0.39 is 17.5 Å². The van der Waals surface area contributed by atoms with E-state index in [0.717, 1.165) is 181 Å². The van der Waals surface area contributed by atoms with Crippen molar-refractivity contribution in [2.75, 3.05) is 93.5 Å². The maximum atomic E-state index is 13.4. The summed E-state index contributed by atoms with van der Waals surface area (Å²) in [5.74, 6) is 9.01. The minimum absolute atomic E-state index is 0.0162. The highest BCUT2D eigenvalue weighted by Crippen LogP contribution is 2.59. The number of hydrogen-bond acceptors (Lipinski definition) is 19. The Labute approximate surface area is 780 Å². The number of nitrogen functional groups attached to an aromatic ring is 4. The van der Waals surface area contributed by atoms with Gasteiger partial charge in [0.1, 0.15) is 109 Å². The summed E-state index contributed by atoms with van der Waals surface area (Å²) in [6, 6.07) is 40.6. The number of imidazole rings is 4. The van der Waals surface area contributed by atoms with Gasteiger partial charge in [0.15, 0.2) is 0 Å². The molecule has 0 radical (unpaired) electrons. The standard InChI is InChI=1S/C25H25ClN8O.C25H26N6O.C24H23F3N6O.C24H25N7O2S/c1-14-19(22(26)32(2)31-14)25(35)33-10-7-15(8-11-33)24-30-20(21-23(27)28-9-12-34(21)24)18-13-16-5-3-4-6-17(16)29-18;1-2-3-4-9-21(32)30-13-10-17(11-14-30)25-29-22(23-24(26)27-12-15-31(23)25)20-16-18-7-5-6-8-19(18)28-20;25-24(26,27)23(7-8-23)22(34)32-10-5-14(6-11-32)21-31-18(19-20(28)29-9-12-33(19)21)17-13-15-3-1-2-4-16(15)30-17;25-23-22-21(18-11-16-3-1-2-4-17(16)27-18)28-24(31(22)10-7-26-23)15-5-8-29(9-6-15)19(32)12-30-14-34-13-20(30)33/h3-6,9,12-13,15,29H,7-8,10-11H2,1-2H3,(H2,27,28);1,5-8,12,15-17,28H,3-4,9-11,13-14H2,(H2,26,27);1-4,9,12-14,30H,5-8,10-11H2,(H2,28,29);1-4,7,10-11,15,27H,5-6,8-9,12-14H2,(H2,25,26). The Hall–Kier alpha value is -14.7. The van der Waals surface area contributed by atoms with Gasteiger partial charge in [-0.2, -0.15) is 18.3 Å². The molecule has 12 N–H and O–H groups in total. The number of piperidine rings is 4. The fourth-order valence-electron chi connectivity index (χ4n) is 19.9. The normalized spacial score (nSPS) is 16.4. The molecule has 135 heavy (non-hydrogen) atoms. The lowest BCUT2D eigenvalue weighted by Gasteiger charge is -2.34. The van der Waals surface area contributed by atoms with Crippen LogP contribution in [0.2, 0.25) is 5.15 Å². The number of amides is 5. The molecule has 17 aromatic rings. The molecule has 0 spiro atoms. The number of aromatic amines is 4. The number of nitrogens with one attached hydrogen (secondary N) is 4. The molecule has 1 saturated carbocycles. The predicted molar refractivity (Wildman–Crippen MR) is 515 cm³/mol. The number of unbranched alkanes of at least 4 members (excludes halogenated alkanes) is 1. The van der Waals surface area contributed by atoms with Gasteiger partial charge in [-0.05, 0) is 126 Å². The Balaban J connectivity index is 0.000000112. The number of rotatable bonds is 15. The van der Waals surface area contributed by atoms with Gasteiger partial charge in [-0.15, -0.1) is 24.1 Å². The molecule has 18 heterocycles. The van der Waals surface area contributed by atoms with Crippen LogP contribution in [-0.2, 0) is 26.2 Å². The smallest absolute Gasteiger partial charge is 0.382 e. The number of H-pyrrole nitrogens is 4. The largest absolute Gasteiger partial charge is 0.403 e. The molecule has 4 aromatic carbocycles. The van der Waals surface area contributed by atoms with E-state index in [1.165, 1.54) is 9.58 Å². The molecule has 0 unspecified atom stereocenters. The van der Waals surface area contributed by atoms with Gasteiger partial charge >= 0.3 is 6.18 Å². The Kier molecular flexibility index (Phi) is 23.7. The number of anilines is 4. The van der Waals surface area contributed by atoms with E-state index in [0.29, 0.717) is 114 Å². The van der Waals surface area contributed by atoms with Crippen LogP contribution in [0.5, 0.6) is 0 Å². The first kappa shape index (κ1) is 88.2. The molecule has 6 aliphatic rings. The number of aryl methyl sites for hydroxylation is 2. The second kappa shape index (κ2) is 36.3. The molecule has 1 aliphatic carbocycles. The van der Waals surface area contributed by atoms with Crippen molar-refractivity contribution in [1.29, 1.82) is 0 Å². The van der Waals surface area contributed by atoms with Crippen LogP contribution in [0.1, 0.15) is 146 Å². The van der Waals surface area contributed by atoms with Crippen molar-refractivity contribution in [1.82, 2.24) is 112 Å². The number of aromatic nitrogens is 18. The molecule has 5 saturated heterocycles. The monoisotopic (exact) mass is 1860 g/mol. The Morgan fingerprint density at radius 2 is 0.837 bits per heavy atom. The topological polar surface area (TPSA) is 407 Å². The lowest BCUT2D eigenvalue weighted by Crippen LogP contribution is -2.47. The first-order valence-corrected chi connectivity index (χ1v) is 47.0. The van der Waals surface area contributed by atoms with Crippen LogP contribution in [0.15, 0.2) is 171 Å². The minimum atomic E-state index is -4.49. The summed E-state index contributed by atoms with van der Waals surface area (Å²) < 4.78 is 49.9. The SMILES string of the molecule is C#CCCCC(=O)N1CCC(c2nc(-c3cc4ccccc4[nH]3)c3c(N)nccn23)CC1.Cc1nn(C)c(Cl)c1C(=O)N1CCC(c2nc(-c3cc4ccccc4[nH]3)c3c(N)nccn23)CC1.Nc1nccn2c(C3CCN(C(=O)C4(C(F)(F)F)CC4)CC3)nc(-c3cc4ccccc4[nH]3)c12.Nc1nccn2c(C3CCN(C(=O)CN4CSCC4=O)CC3)nc(-c3cc4ccccc4[nH]3)c12. The van der Waals surface area contributed by atoms with E-state index >= 15 is 0 Å². The van der Waals surface area contributed by atoms with E-state index in [1.54, 1.807) is 54.7 Å². The van der Waals surface area contributed by atoms with Crippen LogP contribution in [0.25, 0.3) is 111 Å². The Morgan fingerprint density at radius 3 is 1.14 bits per heavy atom. The number of terminal acetylenes is 1. The third-order valence-electron chi connectivity index (χ3n) is 27.2. The fraction of sp³-hybridized carbons (Fsp3) is 0.327. The molecule has 5 amide bonds. The quantitative estimate of drug-likeness (QED) is 0.0349. The zero-order valence-corrected chi connectivity index (χ0v) is 75.9. The zero-order valence-electron chi connectivity index (χ0n) is 74.3. The van der Waals surface area contributed by atoms with Crippen LogP contribution < -0.4 is 22.9 Å². The van der Waals surface area contributed by atoms with E-state index in [1.807, 2.05) is 132 Å². The summed E-state index contributed by atoms with van der Waals surface area (Å²) in [5, 5.41) is 9.06. The van der Waals surface area contributed by atoms with Crippen LogP contribution in [-0.4, -0.2) is 218 Å². The molecule has 0 atom stereocenters. The van der Waals surface area contributed by atoms with Gasteiger partial charge in [-0.1, -0.05) is 84.4 Å². The first-order valence-electron chi connectivity index (χ1n) is 45.5. The number of hydrogen-bond donors (Lipinski definition) is 8. The number of carbonyl (C=O) groups is 5. The minimum Gasteiger partial charge on any atom is -0.382 e. The van der Waals surface area contributed by atoms with Crippen molar-refractivity contribution in [3.05, 3.63) is 211 Å². The maximum Gasteiger partial charge on any atom is 0.403 e. The number of nitrogens with two attached hydrogens (primary N) is 4. The second-order valence-electron chi connectivity index (χ2n) is 35.5. The third-order valence-corrected chi connectivity index (χ3v) is 28.6. The van der Waals surface area contributed by atoms with E-state index in [2.05, 4.69) is 97.8 Å². The Morgan fingerprint density at radius 1 is 0.504 bits per heavy atom. The molecule has 13 aromatic heterocycles. The highest BCUT2D eigenvalue weighted by atomic mass is 35.5. The number of thioether (sulfide) groups is 1. The summed E-state index contributed by atoms with van der Waals surface area (Å²) in [6.45, 7) is 6.54. The predicted octanol–water partition coefficient (Wildman–Crippen LogP) is 15.4. The maximum absolute atomic E-state index is 13.4. The van der Waals surface area contributed by atoms with Crippen molar-refractivity contribution >= 4 is 142 Å². The summed E-state index contributed by atoms with van der Waals surface area (Å²) in [5.41, 5.74) is 38.0. The molecule has 0 bridgehead atoms. The molecular formula is C98H99ClF3N27O5S. The summed E-state index contributed by atoms with van der Waals surface area (Å²) in [7, 11) is 1.74. The van der Waals surface area contributed by atoms with E-state index in [4.69, 9.17) is 60.9 Å².